The van der Waals surface area contributed by atoms with E-state index in [1.54, 1.807) is 11.3 Å². The summed E-state index contributed by atoms with van der Waals surface area (Å²) in [6.45, 7) is 3.84. The number of carbonyl (C=O) groups excluding carboxylic acids is 2. The van der Waals surface area contributed by atoms with Gasteiger partial charge in [-0.15, -0.1) is 11.3 Å². The SMILES string of the molecule is CCNC(=O)[C@@H]1C[C@@H](NC(=O)c2cnccn2)CN1Cc1cccs1. The van der Waals surface area contributed by atoms with E-state index in [2.05, 4.69) is 31.6 Å². The molecule has 2 amide bonds. The molecule has 0 bridgehead atoms. The minimum atomic E-state index is -0.259. The van der Waals surface area contributed by atoms with E-state index < -0.39 is 0 Å². The highest BCUT2D eigenvalue weighted by Crippen LogP contribution is 2.23. The van der Waals surface area contributed by atoms with Crippen molar-refractivity contribution in [2.24, 2.45) is 0 Å². The van der Waals surface area contributed by atoms with Crippen molar-refractivity contribution in [3.8, 4) is 0 Å². The van der Waals surface area contributed by atoms with Crippen LogP contribution in [0.1, 0.15) is 28.7 Å². The summed E-state index contributed by atoms with van der Waals surface area (Å²) in [5, 5.41) is 7.89. The number of hydrogen-bond acceptors (Lipinski definition) is 6. The number of amides is 2. The smallest absolute Gasteiger partial charge is 0.271 e. The molecule has 1 saturated heterocycles. The van der Waals surface area contributed by atoms with Crippen molar-refractivity contribution in [1.29, 1.82) is 0 Å². The second kappa shape index (κ2) is 8.17. The molecule has 0 aliphatic carbocycles. The molecule has 1 fully saturated rings. The van der Waals surface area contributed by atoms with Crippen molar-refractivity contribution in [3.63, 3.8) is 0 Å². The largest absolute Gasteiger partial charge is 0.355 e. The lowest BCUT2D eigenvalue weighted by atomic mass is 10.1. The van der Waals surface area contributed by atoms with Crippen LogP contribution in [0, 0.1) is 0 Å². The minimum absolute atomic E-state index is 0.00954. The van der Waals surface area contributed by atoms with Crippen molar-refractivity contribution in [2.75, 3.05) is 13.1 Å². The molecule has 1 aliphatic heterocycles. The van der Waals surface area contributed by atoms with Crippen LogP contribution in [0.15, 0.2) is 36.1 Å². The maximum atomic E-state index is 12.4. The zero-order valence-electron chi connectivity index (χ0n) is 14.0. The average molecular weight is 359 g/mol. The molecular weight excluding hydrogens is 338 g/mol. The Morgan fingerprint density at radius 1 is 1.40 bits per heavy atom. The topological polar surface area (TPSA) is 87.2 Å². The van der Waals surface area contributed by atoms with Crippen molar-refractivity contribution in [1.82, 2.24) is 25.5 Å². The van der Waals surface area contributed by atoms with Crippen molar-refractivity contribution < 1.29 is 9.59 Å². The molecule has 0 aromatic carbocycles. The molecule has 2 aromatic rings. The first-order valence-corrected chi connectivity index (χ1v) is 9.16. The zero-order valence-corrected chi connectivity index (χ0v) is 14.8. The van der Waals surface area contributed by atoms with Gasteiger partial charge in [-0.1, -0.05) is 6.07 Å². The van der Waals surface area contributed by atoms with Crippen LogP contribution in [0.3, 0.4) is 0 Å². The quantitative estimate of drug-likeness (QED) is 0.805. The van der Waals surface area contributed by atoms with Gasteiger partial charge in [-0.25, -0.2) is 4.98 Å². The summed E-state index contributed by atoms with van der Waals surface area (Å²) < 4.78 is 0. The molecule has 8 heteroatoms. The van der Waals surface area contributed by atoms with E-state index in [0.29, 0.717) is 26.1 Å². The van der Waals surface area contributed by atoms with E-state index in [1.807, 2.05) is 18.4 Å². The third-order valence-electron chi connectivity index (χ3n) is 4.13. The van der Waals surface area contributed by atoms with Gasteiger partial charge in [0.25, 0.3) is 5.91 Å². The van der Waals surface area contributed by atoms with E-state index in [9.17, 15) is 9.59 Å². The van der Waals surface area contributed by atoms with Gasteiger partial charge < -0.3 is 10.6 Å². The lowest BCUT2D eigenvalue weighted by molar-refractivity contribution is -0.125. The van der Waals surface area contributed by atoms with Gasteiger partial charge in [-0.2, -0.15) is 0 Å². The van der Waals surface area contributed by atoms with Gasteiger partial charge in [-0.3, -0.25) is 19.5 Å². The Morgan fingerprint density at radius 2 is 2.28 bits per heavy atom. The number of rotatable bonds is 6. The van der Waals surface area contributed by atoms with Crippen molar-refractivity contribution in [2.45, 2.75) is 32.0 Å². The normalized spacial score (nSPS) is 20.4. The van der Waals surface area contributed by atoms with E-state index >= 15 is 0 Å². The zero-order chi connectivity index (χ0) is 17.6. The highest BCUT2D eigenvalue weighted by molar-refractivity contribution is 7.09. The number of nitrogens with one attached hydrogen (secondary N) is 2. The molecule has 1 aliphatic rings. The summed E-state index contributed by atoms with van der Waals surface area (Å²) in [5.74, 6) is -0.249. The third kappa shape index (κ3) is 4.40. The molecule has 2 N–H and O–H groups in total. The Balaban J connectivity index is 1.67. The summed E-state index contributed by atoms with van der Waals surface area (Å²) >= 11 is 1.67. The summed E-state index contributed by atoms with van der Waals surface area (Å²) in [4.78, 5) is 36.0. The highest BCUT2D eigenvalue weighted by Gasteiger charge is 2.37. The van der Waals surface area contributed by atoms with Crippen LogP contribution in [0.2, 0.25) is 0 Å². The fourth-order valence-corrected chi connectivity index (χ4v) is 3.76. The van der Waals surface area contributed by atoms with Crippen LogP contribution in [0.4, 0.5) is 0 Å². The molecular formula is C17H21N5O2S. The summed E-state index contributed by atoms with van der Waals surface area (Å²) in [5.41, 5.74) is 0.286. The van der Waals surface area contributed by atoms with Gasteiger partial charge in [0, 0.05) is 42.9 Å². The van der Waals surface area contributed by atoms with Gasteiger partial charge in [0.05, 0.1) is 12.2 Å². The molecule has 0 unspecified atom stereocenters. The van der Waals surface area contributed by atoms with Crippen LogP contribution in [0.25, 0.3) is 0 Å². The Bertz CT molecular complexity index is 707. The molecule has 0 spiro atoms. The van der Waals surface area contributed by atoms with Gasteiger partial charge in [0.15, 0.2) is 0 Å². The van der Waals surface area contributed by atoms with Crippen LogP contribution in [-0.4, -0.2) is 51.9 Å². The van der Waals surface area contributed by atoms with Crippen LogP contribution >= 0.6 is 11.3 Å². The average Bonchev–Trinajstić information content (AvgIpc) is 3.26. The molecule has 0 saturated carbocycles. The number of aromatic nitrogens is 2. The highest BCUT2D eigenvalue weighted by atomic mass is 32.1. The van der Waals surface area contributed by atoms with Crippen molar-refractivity contribution in [3.05, 3.63) is 46.7 Å². The van der Waals surface area contributed by atoms with Gasteiger partial charge in [0.1, 0.15) is 5.69 Å². The van der Waals surface area contributed by atoms with E-state index in [4.69, 9.17) is 0 Å². The Morgan fingerprint density at radius 3 is 2.96 bits per heavy atom. The fourth-order valence-electron chi connectivity index (χ4n) is 3.03. The second-order valence-electron chi connectivity index (χ2n) is 5.92. The molecule has 132 valence electrons. The summed E-state index contributed by atoms with van der Waals surface area (Å²) in [7, 11) is 0. The second-order valence-corrected chi connectivity index (χ2v) is 6.95. The van der Waals surface area contributed by atoms with E-state index in [-0.39, 0.29) is 29.6 Å². The number of hydrogen-bond donors (Lipinski definition) is 2. The van der Waals surface area contributed by atoms with Gasteiger partial charge >= 0.3 is 0 Å². The molecule has 0 radical (unpaired) electrons. The Labute approximate surface area is 150 Å². The van der Waals surface area contributed by atoms with E-state index in [1.165, 1.54) is 23.5 Å². The molecule has 3 rings (SSSR count). The number of carbonyl (C=O) groups is 2. The molecule has 25 heavy (non-hydrogen) atoms. The Hall–Kier alpha value is -2.32. The first-order chi connectivity index (χ1) is 12.2. The fraction of sp³-hybridized carbons (Fsp3) is 0.412. The number of likely N-dealkylation sites (N-methyl/N-ethyl adjacent to an activating group) is 1. The number of nitrogens with zero attached hydrogens (tertiary/aromatic N) is 3. The lowest BCUT2D eigenvalue weighted by Crippen LogP contribution is -2.42. The maximum Gasteiger partial charge on any atom is 0.271 e. The molecule has 2 atom stereocenters. The third-order valence-corrected chi connectivity index (χ3v) is 4.99. The standard InChI is InChI=1S/C17H21N5O2S/c1-2-19-17(24)15-8-12(10-22(15)11-13-4-3-7-25-13)21-16(23)14-9-18-5-6-20-14/h3-7,9,12,15H,2,8,10-11H2,1H3,(H,19,24)(H,21,23)/t12-,15+/m1/s1. The maximum absolute atomic E-state index is 12.4. The van der Waals surface area contributed by atoms with Crippen molar-refractivity contribution >= 4 is 23.2 Å². The minimum Gasteiger partial charge on any atom is -0.355 e. The Kier molecular flexibility index (Phi) is 5.72. The van der Waals surface area contributed by atoms with Crippen LogP contribution in [-0.2, 0) is 11.3 Å². The lowest BCUT2D eigenvalue weighted by Gasteiger charge is -2.22. The van der Waals surface area contributed by atoms with Gasteiger partial charge in [0.2, 0.25) is 5.91 Å². The van der Waals surface area contributed by atoms with E-state index in [0.717, 1.165) is 0 Å². The molecule has 7 nitrogen and oxygen atoms in total. The molecule has 2 aromatic heterocycles. The predicted molar refractivity (Wildman–Crippen MR) is 95.1 cm³/mol. The number of thiophene rings is 1. The van der Waals surface area contributed by atoms with Crippen LogP contribution in [0.5, 0.6) is 0 Å². The molecule has 3 heterocycles. The first kappa shape index (κ1) is 17.5. The number of likely N-dealkylation sites (tertiary alicyclic amines) is 1. The monoisotopic (exact) mass is 359 g/mol. The first-order valence-electron chi connectivity index (χ1n) is 8.28. The van der Waals surface area contributed by atoms with Gasteiger partial charge in [-0.05, 0) is 24.8 Å². The summed E-state index contributed by atoms with van der Waals surface area (Å²) in [6.07, 6.45) is 5.04. The van der Waals surface area contributed by atoms with Crippen LogP contribution < -0.4 is 10.6 Å². The summed E-state index contributed by atoms with van der Waals surface area (Å²) in [6, 6.07) is 3.73. The predicted octanol–water partition coefficient (Wildman–Crippen LogP) is 1.05.